The number of ether oxygens (including phenoxy) is 1. The van der Waals surface area contributed by atoms with E-state index in [2.05, 4.69) is 38.5 Å². The summed E-state index contributed by atoms with van der Waals surface area (Å²) in [6.45, 7) is 7.41. The Morgan fingerprint density at radius 2 is 2.00 bits per heavy atom. The molecule has 2 heterocycles. The molecular weight excluding hydrogens is 357 g/mol. The van der Waals surface area contributed by atoms with E-state index in [0.29, 0.717) is 24.6 Å². The highest BCUT2D eigenvalue weighted by atomic mass is 19.1. The Balaban J connectivity index is 1.49. The molecule has 6 nitrogen and oxygen atoms in total. The molecule has 3 rings (SSSR count). The van der Waals surface area contributed by atoms with Gasteiger partial charge in [-0.05, 0) is 42.7 Å². The van der Waals surface area contributed by atoms with Gasteiger partial charge >= 0.3 is 0 Å². The number of morpholine rings is 1. The van der Waals surface area contributed by atoms with Gasteiger partial charge in [0, 0.05) is 39.4 Å². The molecule has 150 valence electrons. The SMILES string of the molecule is CN=C(NCc1ccc(N2CCOC(C)C2)nc1)NCc1ccc(C)c(F)c1. The van der Waals surface area contributed by atoms with Crippen molar-refractivity contribution in [2.75, 3.05) is 31.6 Å². The largest absolute Gasteiger partial charge is 0.375 e. The maximum absolute atomic E-state index is 13.7. The van der Waals surface area contributed by atoms with Gasteiger partial charge in [-0.1, -0.05) is 18.2 Å². The fourth-order valence-corrected chi connectivity index (χ4v) is 3.07. The Bertz CT molecular complexity index is 809. The van der Waals surface area contributed by atoms with Crippen molar-refractivity contribution >= 4 is 11.8 Å². The van der Waals surface area contributed by atoms with Gasteiger partial charge in [0.15, 0.2) is 5.96 Å². The second kappa shape index (κ2) is 9.50. The third kappa shape index (κ3) is 5.42. The summed E-state index contributed by atoms with van der Waals surface area (Å²) >= 11 is 0. The molecule has 1 aromatic carbocycles. The molecule has 1 fully saturated rings. The molecule has 2 aromatic rings. The first-order chi connectivity index (χ1) is 13.5. The van der Waals surface area contributed by atoms with Crippen molar-refractivity contribution in [1.82, 2.24) is 15.6 Å². The Morgan fingerprint density at radius 1 is 1.25 bits per heavy atom. The van der Waals surface area contributed by atoms with Crippen molar-refractivity contribution in [1.29, 1.82) is 0 Å². The topological polar surface area (TPSA) is 61.8 Å². The predicted octanol–water partition coefficient (Wildman–Crippen LogP) is 2.62. The molecule has 1 unspecified atom stereocenters. The molecule has 1 aromatic heterocycles. The Morgan fingerprint density at radius 3 is 2.64 bits per heavy atom. The highest BCUT2D eigenvalue weighted by molar-refractivity contribution is 5.79. The number of pyridine rings is 1. The Kier molecular flexibility index (Phi) is 6.81. The number of guanidine groups is 1. The Hall–Kier alpha value is -2.67. The first-order valence-corrected chi connectivity index (χ1v) is 9.56. The van der Waals surface area contributed by atoms with Gasteiger partial charge in [0.2, 0.25) is 0 Å². The van der Waals surface area contributed by atoms with Crippen LogP contribution in [-0.4, -0.2) is 43.8 Å². The minimum atomic E-state index is -0.192. The van der Waals surface area contributed by atoms with Gasteiger partial charge in [-0.2, -0.15) is 0 Å². The fraction of sp³-hybridized carbons (Fsp3) is 0.429. The third-order valence-corrected chi connectivity index (χ3v) is 4.75. The lowest BCUT2D eigenvalue weighted by atomic mass is 10.1. The van der Waals surface area contributed by atoms with Gasteiger partial charge in [0.05, 0.1) is 12.7 Å². The monoisotopic (exact) mass is 385 g/mol. The highest BCUT2D eigenvalue weighted by Gasteiger charge is 2.17. The summed E-state index contributed by atoms with van der Waals surface area (Å²) < 4.78 is 19.2. The normalized spacial score (nSPS) is 17.5. The standard InChI is InChI=1S/C21H28FN5O/c1-15-4-5-17(10-19(15)22)11-25-21(23-3)26-13-18-6-7-20(24-12-18)27-8-9-28-16(2)14-27/h4-7,10,12,16H,8-9,11,13-14H2,1-3H3,(H2,23,25,26). The number of halogens is 1. The summed E-state index contributed by atoms with van der Waals surface area (Å²) in [5, 5.41) is 6.46. The van der Waals surface area contributed by atoms with E-state index in [1.54, 1.807) is 26.1 Å². The summed E-state index contributed by atoms with van der Waals surface area (Å²) in [4.78, 5) is 11.0. The molecular formula is C21H28FN5O. The number of hydrogen-bond acceptors (Lipinski definition) is 4. The molecule has 1 aliphatic heterocycles. The van der Waals surface area contributed by atoms with Crippen molar-refractivity contribution < 1.29 is 9.13 Å². The van der Waals surface area contributed by atoms with Crippen LogP contribution < -0.4 is 15.5 Å². The number of nitrogens with zero attached hydrogens (tertiary/aromatic N) is 3. The zero-order valence-corrected chi connectivity index (χ0v) is 16.7. The van der Waals surface area contributed by atoms with Crippen molar-refractivity contribution in [2.45, 2.75) is 33.0 Å². The fourth-order valence-electron chi connectivity index (χ4n) is 3.07. The molecule has 1 saturated heterocycles. The van der Waals surface area contributed by atoms with Crippen molar-refractivity contribution in [3.8, 4) is 0 Å². The van der Waals surface area contributed by atoms with Gasteiger partial charge in [-0.15, -0.1) is 0 Å². The summed E-state index contributed by atoms with van der Waals surface area (Å²) in [5.41, 5.74) is 2.58. The number of benzene rings is 1. The maximum Gasteiger partial charge on any atom is 0.191 e. The van der Waals surface area contributed by atoms with Crippen LogP contribution >= 0.6 is 0 Å². The molecule has 0 aliphatic carbocycles. The van der Waals surface area contributed by atoms with Gasteiger partial charge in [0.25, 0.3) is 0 Å². The summed E-state index contributed by atoms with van der Waals surface area (Å²) in [5.74, 6) is 1.44. The molecule has 0 saturated carbocycles. The minimum Gasteiger partial charge on any atom is -0.375 e. The van der Waals surface area contributed by atoms with E-state index in [-0.39, 0.29) is 11.9 Å². The molecule has 0 radical (unpaired) electrons. The molecule has 2 N–H and O–H groups in total. The van der Waals surface area contributed by atoms with Gasteiger partial charge in [0.1, 0.15) is 11.6 Å². The molecule has 0 amide bonds. The number of rotatable bonds is 5. The third-order valence-electron chi connectivity index (χ3n) is 4.75. The predicted molar refractivity (Wildman–Crippen MR) is 110 cm³/mol. The summed E-state index contributed by atoms with van der Waals surface area (Å²) in [7, 11) is 1.71. The molecule has 1 atom stereocenters. The first-order valence-electron chi connectivity index (χ1n) is 9.56. The van der Waals surface area contributed by atoms with E-state index in [9.17, 15) is 4.39 Å². The van der Waals surface area contributed by atoms with Gasteiger partial charge < -0.3 is 20.3 Å². The van der Waals surface area contributed by atoms with Crippen LogP contribution in [0.15, 0.2) is 41.5 Å². The van der Waals surface area contributed by atoms with Crippen molar-refractivity contribution in [2.24, 2.45) is 4.99 Å². The zero-order valence-electron chi connectivity index (χ0n) is 16.7. The minimum absolute atomic E-state index is 0.192. The van der Waals surface area contributed by atoms with E-state index in [0.717, 1.165) is 36.6 Å². The van der Waals surface area contributed by atoms with Crippen molar-refractivity contribution in [3.63, 3.8) is 0 Å². The molecule has 0 bridgehead atoms. The smallest absolute Gasteiger partial charge is 0.191 e. The van der Waals surface area contributed by atoms with Crippen LogP contribution in [-0.2, 0) is 17.8 Å². The van der Waals surface area contributed by atoms with Crippen molar-refractivity contribution in [3.05, 3.63) is 59.0 Å². The maximum atomic E-state index is 13.7. The quantitative estimate of drug-likeness (QED) is 0.612. The molecule has 7 heteroatoms. The molecule has 0 spiro atoms. The number of aliphatic imine (C=N–C) groups is 1. The second-order valence-electron chi connectivity index (χ2n) is 7.01. The van der Waals surface area contributed by atoms with E-state index in [1.165, 1.54) is 0 Å². The highest BCUT2D eigenvalue weighted by Crippen LogP contribution is 2.15. The van der Waals surface area contributed by atoms with Gasteiger partial charge in [-0.25, -0.2) is 9.37 Å². The zero-order chi connectivity index (χ0) is 19.9. The lowest BCUT2D eigenvalue weighted by Gasteiger charge is -2.32. The number of anilines is 1. The van der Waals surface area contributed by atoms with Gasteiger partial charge in [-0.3, -0.25) is 4.99 Å². The lowest BCUT2D eigenvalue weighted by Crippen LogP contribution is -2.41. The van der Waals surface area contributed by atoms with Crippen LogP contribution in [0.25, 0.3) is 0 Å². The summed E-state index contributed by atoms with van der Waals surface area (Å²) in [6, 6.07) is 9.35. The van der Waals surface area contributed by atoms with Crippen LogP contribution in [0.4, 0.5) is 10.2 Å². The van der Waals surface area contributed by atoms with E-state index < -0.39 is 0 Å². The van der Waals surface area contributed by atoms with E-state index >= 15 is 0 Å². The lowest BCUT2D eigenvalue weighted by molar-refractivity contribution is 0.0529. The number of hydrogen-bond donors (Lipinski definition) is 2. The van der Waals surface area contributed by atoms with E-state index in [1.807, 2.05) is 18.3 Å². The van der Waals surface area contributed by atoms with Crippen LogP contribution in [0.5, 0.6) is 0 Å². The number of aromatic nitrogens is 1. The summed E-state index contributed by atoms with van der Waals surface area (Å²) in [6.07, 6.45) is 2.11. The average molecular weight is 385 g/mol. The van der Waals surface area contributed by atoms with Crippen LogP contribution in [0, 0.1) is 12.7 Å². The number of nitrogens with one attached hydrogen (secondary N) is 2. The first kappa shape index (κ1) is 20.1. The average Bonchev–Trinajstić information content (AvgIpc) is 2.71. The van der Waals surface area contributed by atoms with E-state index in [4.69, 9.17) is 4.74 Å². The Labute approximate surface area is 165 Å². The number of aryl methyl sites for hydroxylation is 1. The molecule has 28 heavy (non-hydrogen) atoms. The second-order valence-corrected chi connectivity index (χ2v) is 7.01. The van der Waals surface area contributed by atoms with Crippen LogP contribution in [0.3, 0.4) is 0 Å². The van der Waals surface area contributed by atoms with Crippen LogP contribution in [0.1, 0.15) is 23.6 Å². The molecule has 1 aliphatic rings. The van der Waals surface area contributed by atoms with Crippen LogP contribution in [0.2, 0.25) is 0 Å².